The Hall–Kier alpha value is -0.0887. The Morgan fingerprint density at radius 1 is 1.56 bits per heavy atom. The second kappa shape index (κ2) is 6.90. The zero-order valence-electron chi connectivity index (χ0n) is 10.4. The second-order valence-electron chi connectivity index (χ2n) is 3.54. The van der Waals surface area contributed by atoms with Gasteiger partial charge in [0.15, 0.2) is 0 Å². The first-order valence-electron chi connectivity index (χ1n) is 4.75. The van der Waals surface area contributed by atoms with Crippen molar-refractivity contribution < 1.29 is 69.1 Å². The van der Waals surface area contributed by atoms with Gasteiger partial charge in [-0.1, -0.05) is 0 Å². The van der Waals surface area contributed by atoms with E-state index in [1.807, 2.05) is 0 Å². The molecule has 0 saturated heterocycles. The molecule has 0 amide bonds. The van der Waals surface area contributed by atoms with Gasteiger partial charge in [-0.2, -0.15) is 0 Å². The molecule has 0 fully saturated rings. The van der Waals surface area contributed by atoms with Gasteiger partial charge in [-0.05, 0) is 6.92 Å². The summed E-state index contributed by atoms with van der Waals surface area (Å²) in [7, 11) is 1.24. The summed E-state index contributed by atoms with van der Waals surface area (Å²) in [6.45, 7) is -1.37. The van der Waals surface area contributed by atoms with Crippen molar-refractivity contribution in [1.29, 1.82) is 0 Å². The van der Waals surface area contributed by atoms with Gasteiger partial charge in [0.25, 0.3) is 11.6 Å². The van der Waals surface area contributed by atoms with Crippen LogP contribution in [-0.2, 0) is 6.54 Å². The zero-order valence-corrected chi connectivity index (χ0v) is 13.5. The molecule has 0 N–H and O–H groups in total. The number of aryl methyl sites for hydroxylation is 1. The van der Waals surface area contributed by atoms with Crippen molar-refractivity contribution in [2.45, 2.75) is 13.5 Å². The number of ether oxygens (including phenoxy) is 1. The van der Waals surface area contributed by atoms with Gasteiger partial charge < -0.3 is 17.7 Å². The number of halogens is 3. The molecule has 0 spiro atoms. The molecule has 9 heteroatoms. The van der Waals surface area contributed by atoms with E-state index in [9.17, 15) is 17.7 Å². The maximum atomic E-state index is 12.4. The molecule has 0 unspecified atom stereocenters. The van der Waals surface area contributed by atoms with Crippen LogP contribution < -0.4 is 61.7 Å². The Bertz CT molecular complexity index is 502. The van der Waals surface area contributed by atoms with E-state index in [0.29, 0.717) is 5.69 Å². The molecule has 0 saturated carbocycles. The Morgan fingerprint density at radius 3 is 2.56 bits per heavy atom. The first kappa shape index (κ1) is 17.9. The van der Waals surface area contributed by atoms with E-state index in [1.54, 1.807) is 6.92 Å². The van der Waals surface area contributed by atoms with E-state index in [-0.39, 0.29) is 57.4 Å². The molecule has 1 aromatic heterocycles. The van der Waals surface area contributed by atoms with Gasteiger partial charge in [0, 0.05) is 18.3 Å². The molecule has 0 aliphatic rings. The van der Waals surface area contributed by atoms with E-state index < -0.39 is 24.6 Å². The van der Waals surface area contributed by atoms with Crippen LogP contribution in [0.25, 0.3) is 0 Å². The number of hydrogen-bond donors (Lipinski definition) is 0. The second-order valence-corrected chi connectivity index (χ2v) is 3.54. The maximum Gasteiger partial charge on any atom is 1.00 e. The molecule has 1 rings (SSSR count). The molecule has 94 valence electrons. The SMILES string of the molecule is C=C(Cn1c(OC)nc(C)cc1=O)[B-](F)(F)F.[K+]. The van der Waals surface area contributed by atoms with Gasteiger partial charge in [-0.15, -0.1) is 12.1 Å². The third-order valence-electron chi connectivity index (χ3n) is 2.11. The Morgan fingerprint density at radius 2 is 2.11 bits per heavy atom. The van der Waals surface area contributed by atoms with Crippen molar-refractivity contribution in [3.05, 3.63) is 34.2 Å². The van der Waals surface area contributed by atoms with Crippen molar-refractivity contribution in [2.75, 3.05) is 7.11 Å². The minimum atomic E-state index is -5.18. The average Bonchev–Trinajstić information content (AvgIpc) is 2.19. The number of rotatable bonds is 4. The van der Waals surface area contributed by atoms with Gasteiger partial charge >= 0.3 is 58.4 Å². The number of methoxy groups -OCH3 is 1. The Labute approximate surface area is 145 Å². The first-order valence-corrected chi connectivity index (χ1v) is 4.75. The van der Waals surface area contributed by atoms with Gasteiger partial charge in [-0.25, -0.2) is 4.98 Å². The van der Waals surface area contributed by atoms with E-state index in [4.69, 9.17) is 4.74 Å². The molecule has 0 bridgehead atoms. The summed E-state index contributed by atoms with van der Waals surface area (Å²) >= 11 is 0. The minimum absolute atomic E-state index is 0. The largest absolute Gasteiger partial charge is 1.00 e. The van der Waals surface area contributed by atoms with Crippen molar-refractivity contribution in [1.82, 2.24) is 9.55 Å². The molecule has 0 aromatic carbocycles. The third-order valence-corrected chi connectivity index (χ3v) is 2.11. The Balaban J connectivity index is 0.00000289. The number of aromatic nitrogens is 2. The predicted octanol–water partition coefficient (Wildman–Crippen LogP) is -1.49. The summed E-state index contributed by atoms with van der Waals surface area (Å²) in [5.74, 6) is 0. The minimum Gasteiger partial charge on any atom is -0.468 e. The monoisotopic (exact) mass is 286 g/mol. The normalized spacial score (nSPS) is 10.7. The average molecular weight is 286 g/mol. The van der Waals surface area contributed by atoms with E-state index in [2.05, 4.69) is 11.6 Å². The van der Waals surface area contributed by atoms with Crippen LogP contribution in [0.15, 0.2) is 22.9 Å². The summed E-state index contributed by atoms with van der Waals surface area (Å²) in [6.07, 6.45) is 0. The third kappa shape index (κ3) is 4.54. The summed E-state index contributed by atoms with van der Waals surface area (Å²) in [5.41, 5.74) is -1.20. The van der Waals surface area contributed by atoms with E-state index in [0.717, 1.165) is 10.6 Å². The summed E-state index contributed by atoms with van der Waals surface area (Å²) in [4.78, 5) is 15.4. The molecule has 18 heavy (non-hydrogen) atoms. The van der Waals surface area contributed by atoms with Crippen molar-refractivity contribution >= 4 is 6.98 Å². The number of allylic oxidation sites excluding steroid dienone is 1. The molecular formula is C9H11BF3KN2O2. The summed E-state index contributed by atoms with van der Waals surface area (Å²) < 4.78 is 42.7. The smallest absolute Gasteiger partial charge is 0.468 e. The molecular weight excluding hydrogens is 275 g/mol. The van der Waals surface area contributed by atoms with Gasteiger partial charge in [0.05, 0.1) is 7.11 Å². The number of nitrogens with zero attached hydrogens (tertiary/aromatic N) is 2. The van der Waals surface area contributed by atoms with Crippen LogP contribution in [0, 0.1) is 6.92 Å². The van der Waals surface area contributed by atoms with Crippen LogP contribution in [-0.4, -0.2) is 23.6 Å². The van der Waals surface area contributed by atoms with Crippen LogP contribution in [0.4, 0.5) is 12.9 Å². The summed E-state index contributed by atoms with van der Waals surface area (Å²) in [6, 6.07) is 0.982. The van der Waals surface area contributed by atoms with E-state index in [1.165, 1.54) is 7.11 Å². The quantitative estimate of drug-likeness (QED) is 0.633. The molecule has 0 radical (unpaired) electrons. The molecule has 1 heterocycles. The molecule has 0 aliphatic heterocycles. The van der Waals surface area contributed by atoms with E-state index >= 15 is 0 Å². The fourth-order valence-electron chi connectivity index (χ4n) is 1.20. The van der Waals surface area contributed by atoms with Crippen LogP contribution >= 0.6 is 0 Å². The summed E-state index contributed by atoms with van der Waals surface area (Å²) in [5, 5.41) is 0. The van der Waals surface area contributed by atoms with Crippen LogP contribution in [0.5, 0.6) is 6.01 Å². The van der Waals surface area contributed by atoms with Crippen molar-refractivity contribution in [3.8, 4) is 6.01 Å². The fraction of sp³-hybridized carbons (Fsp3) is 0.333. The van der Waals surface area contributed by atoms with Crippen LogP contribution in [0.3, 0.4) is 0 Å². The van der Waals surface area contributed by atoms with Gasteiger partial charge in [0.1, 0.15) is 0 Å². The fourth-order valence-corrected chi connectivity index (χ4v) is 1.20. The maximum absolute atomic E-state index is 12.4. The predicted molar refractivity (Wildman–Crippen MR) is 58.0 cm³/mol. The van der Waals surface area contributed by atoms with Crippen molar-refractivity contribution in [2.24, 2.45) is 0 Å². The Kier molecular flexibility index (Phi) is 6.87. The zero-order chi connectivity index (χ0) is 13.2. The topological polar surface area (TPSA) is 44.1 Å². The first-order chi connectivity index (χ1) is 7.75. The van der Waals surface area contributed by atoms with Crippen LogP contribution in [0.1, 0.15) is 5.69 Å². The molecule has 0 aliphatic carbocycles. The number of hydrogen-bond acceptors (Lipinski definition) is 3. The van der Waals surface area contributed by atoms with Gasteiger partial charge in [0.2, 0.25) is 0 Å². The molecule has 1 aromatic rings. The van der Waals surface area contributed by atoms with Crippen molar-refractivity contribution in [3.63, 3.8) is 0 Å². The van der Waals surface area contributed by atoms with Gasteiger partial charge in [-0.3, -0.25) is 9.36 Å². The standard InChI is InChI=1S/C9H11BF3N2O2.K/c1-6(10(11,12)13)5-15-8(16)4-7(2)14-9(15)17-3;/h4H,1,5H2,2-3H3;/q-1;+1. The molecule has 4 nitrogen and oxygen atoms in total. The molecule has 0 atom stereocenters. The van der Waals surface area contributed by atoms with Crippen LogP contribution in [0.2, 0.25) is 0 Å².